The van der Waals surface area contributed by atoms with Crippen LogP contribution < -0.4 is 0 Å². The number of amides is 1. The summed E-state index contributed by atoms with van der Waals surface area (Å²) in [4.78, 5) is 39.4. The number of halogens is 3. The van der Waals surface area contributed by atoms with Gasteiger partial charge >= 0.3 is 12.1 Å². The summed E-state index contributed by atoms with van der Waals surface area (Å²) in [5.41, 5.74) is -5.13. The lowest BCUT2D eigenvalue weighted by Crippen LogP contribution is -2.65. The molecular weight excluding hydrogens is 403 g/mol. The van der Waals surface area contributed by atoms with Crippen LogP contribution in [0.3, 0.4) is 0 Å². The second-order valence-corrected chi connectivity index (χ2v) is 7.42. The first-order chi connectivity index (χ1) is 14.1. The molecule has 1 saturated heterocycles. The van der Waals surface area contributed by atoms with Crippen LogP contribution in [-0.2, 0) is 29.5 Å². The Morgan fingerprint density at radius 3 is 2.27 bits per heavy atom. The monoisotopic (exact) mass is 425 g/mol. The van der Waals surface area contributed by atoms with Gasteiger partial charge in [-0.25, -0.2) is 4.79 Å². The Bertz CT molecular complexity index is 898. The minimum atomic E-state index is -5.12. The van der Waals surface area contributed by atoms with E-state index in [2.05, 4.69) is 0 Å². The number of alkyl halides is 3. The van der Waals surface area contributed by atoms with Crippen LogP contribution in [0.2, 0.25) is 0 Å². The van der Waals surface area contributed by atoms with Crippen molar-refractivity contribution in [3.8, 4) is 0 Å². The predicted molar refractivity (Wildman–Crippen MR) is 99.2 cm³/mol. The number of ether oxygens (including phenoxy) is 2. The van der Waals surface area contributed by atoms with Gasteiger partial charge in [0.05, 0.1) is 18.7 Å². The number of methoxy groups -OCH3 is 2. The molecule has 0 radical (unpaired) electrons. The maximum atomic E-state index is 14.4. The average molecular weight is 425 g/mol. The zero-order valence-electron chi connectivity index (χ0n) is 16.8. The third kappa shape index (κ3) is 2.94. The lowest BCUT2D eigenvalue weighted by atomic mass is 9.82. The van der Waals surface area contributed by atoms with Gasteiger partial charge in [-0.3, -0.25) is 9.59 Å². The molecule has 6 nitrogen and oxygen atoms in total. The van der Waals surface area contributed by atoms with Crippen LogP contribution >= 0.6 is 0 Å². The van der Waals surface area contributed by atoms with Gasteiger partial charge in [-0.15, -0.1) is 0 Å². The number of rotatable bonds is 5. The van der Waals surface area contributed by atoms with Gasteiger partial charge in [0.2, 0.25) is 0 Å². The molecule has 0 saturated carbocycles. The molecule has 2 bridgehead atoms. The molecule has 0 spiro atoms. The van der Waals surface area contributed by atoms with Crippen molar-refractivity contribution in [2.45, 2.75) is 49.5 Å². The number of nitrogens with zero attached hydrogens (tertiary/aromatic N) is 1. The van der Waals surface area contributed by atoms with E-state index in [9.17, 15) is 27.6 Å². The molecule has 2 heterocycles. The maximum absolute atomic E-state index is 14.4. The number of carbonyl (C=O) groups excluding carboxylic acids is 3. The van der Waals surface area contributed by atoms with E-state index in [0.717, 1.165) is 31.3 Å². The second kappa shape index (κ2) is 7.54. The van der Waals surface area contributed by atoms with Crippen molar-refractivity contribution in [2.24, 2.45) is 0 Å². The normalized spacial score (nSPS) is 25.3. The number of carbonyl (C=O) groups is 3. The Labute approximate surface area is 171 Å². The van der Waals surface area contributed by atoms with E-state index >= 15 is 0 Å². The maximum Gasteiger partial charge on any atom is 0.430 e. The first-order valence-electron chi connectivity index (χ1n) is 9.37. The lowest BCUT2D eigenvalue weighted by molar-refractivity contribution is -0.272. The largest absolute Gasteiger partial charge is 0.466 e. The van der Waals surface area contributed by atoms with E-state index < -0.39 is 46.6 Å². The number of ketones is 1. The van der Waals surface area contributed by atoms with Crippen molar-refractivity contribution < 1.29 is 37.0 Å². The molecule has 0 aromatic heterocycles. The Morgan fingerprint density at radius 2 is 1.77 bits per heavy atom. The molecule has 9 heteroatoms. The van der Waals surface area contributed by atoms with E-state index in [1.54, 1.807) is 0 Å². The molecule has 1 amide bonds. The SMILES string of the molecule is COC(=O)C1=CC[C@]2(C(C)=O)CC[C@H]1N2C(=O)[C@@](OC)(c1ccccc1)C(F)(F)F. The summed E-state index contributed by atoms with van der Waals surface area (Å²) >= 11 is 0. The molecule has 0 N–H and O–H groups in total. The fourth-order valence-corrected chi connectivity index (χ4v) is 4.57. The predicted octanol–water partition coefficient (Wildman–Crippen LogP) is 2.91. The molecule has 1 fully saturated rings. The molecule has 3 atom stereocenters. The lowest BCUT2D eigenvalue weighted by Gasteiger charge is -2.46. The highest BCUT2D eigenvalue weighted by atomic mass is 19.4. The summed E-state index contributed by atoms with van der Waals surface area (Å²) in [5.74, 6) is -2.61. The fraction of sp³-hybridized carbons (Fsp3) is 0.476. The van der Waals surface area contributed by atoms with Crippen LogP contribution in [-0.4, -0.2) is 54.5 Å². The number of esters is 1. The Kier molecular flexibility index (Phi) is 5.53. The fourth-order valence-electron chi connectivity index (χ4n) is 4.57. The molecule has 2 aliphatic rings. The summed E-state index contributed by atoms with van der Waals surface area (Å²) in [5, 5.41) is 0. The summed E-state index contributed by atoms with van der Waals surface area (Å²) in [6.45, 7) is 1.24. The van der Waals surface area contributed by atoms with Gasteiger partial charge < -0.3 is 14.4 Å². The van der Waals surface area contributed by atoms with Crippen molar-refractivity contribution >= 4 is 17.7 Å². The molecule has 2 aliphatic heterocycles. The van der Waals surface area contributed by atoms with E-state index in [1.165, 1.54) is 31.2 Å². The zero-order chi connectivity index (χ0) is 22.3. The minimum Gasteiger partial charge on any atom is -0.466 e. The summed E-state index contributed by atoms with van der Waals surface area (Å²) in [6, 6.07) is 5.55. The highest BCUT2D eigenvalue weighted by Crippen LogP contribution is 2.51. The Balaban J connectivity index is 2.22. The van der Waals surface area contributed by atoms with Crippen molar-refractivity contribution in [3.05, 3.63) is 47.5 Å². The second-order valence-electron chi connectivity index (χ2n) is 7.42. The van der Waals surface area contributed by atoms with Crippen LogP contribution in [0.15, 0.2) is 42.0 Å². The standard InChI is InChI=1S/C21H22F3NO5/c1-13(26)19-11-9-15(17(27)29-2)16(10-12-19)25(19)18(28)20(30-3,21(22,23)24)14-7-5-4-6-8-14/h4-9,16H,10-12H2,1-3H3/t16-,19-,20+/m1/s1. The van der Waals surface area contributed by atoms with Gasteiger partial charge in [-0.1, -0.05) is 36.4 Å². The quantitative estimate of drug-likeness (QED) is 0.679. The van der Waals surface area contributed by atoms with Gasteiger partial charge in [0.25, 0.3) is 11.5 Å². The van der Waals surface area contributed by atoms with Gasteiger partial charge in [0.1, 0.15) is 5.54 Å². The number of fused-ring (bicyclic) bond motifs is 2. The van der Waals surface area contributed by atoms with Crippen LogP contribution in [0.5, 0.6) is 0 Å². The van der Waals surface area contributed by atoms with Crippen molar-refractivity contribution in [2.75, 3.05) is 14.2 Å². The summed E-state index contributed by atoms with van der Waals surface area (Å²) in [6.07, 6.45) is -3.40. The van der Waals surface area contributed by atoms with Crippen LogP contribution in [0.4, 0.5) is 13.2 Å². The third-order valence-corrected chi connectivity index (χ3v) is 6.10. The molecule has 1 aromatic rings. The number of benzene rings is 1. The van der Waals surface area contributed by atoms with Gasteiger partial charge in [-0.2, -0.15) is 13.2 Å². The molecule has 0 unspecified atom stereocenters. The topological polar surface area (TPSA) is 72.9 Å². The molecule has 3 rings (SSSR count). The third-order valence-electron chi connectivity index (χ3n) is 6.10. The highest BCUT2D eigenvalue weighted by molar-refractivity contribution is 6.00. The molecule has 162 valence electrons. The number of Topliss-reactive ketones (excluding diaryl/α,β-unsaturated/α-hetero) is 1. The van der Waals surface area contributed by atoms with Gasteiger partial charge in [0, 0.05) is 12.7 Å². The Hall–Kier alpha value is -2.68. The van der Waals surface area contributed by atoms with Gasteiger partial charge in [0.15, 0.2) is 5.78 Å². The van der Waals surface area contributed by atoms with E-state index in [0.29, 0.717) is 0 Å². The van der Waals surface area contributed by atoms with Crippen LogP contribution in [0.25, 0.3) is 0 Å². The van der Waals surface area contributed by atoms with E-state index in [1.807, 2.05) is 0 Å². The van der Waals surface area contributed by atoms with Crippen molar-refractivity contribution in [1.29, 1.82) is 0 Å². The summed E-state index contributed by atoms with van der Waals surface area (Å²) in [7, 11) is 1.96. The first-order valence-corrected chi connectivity index (χ1v) is 9.37. The van der Waals surface area contributed by atoms with Crippen LogP contribution in [0.1, 0.15) is 31.7 Å². The van der Waals surface area contributed by atoms with Gasteiger partial charge in [-0.05, 0) is 26.2 Å². The van der Waals surface area contributed by atoms with E-state index in [-0.39, 0.29) is 24.8 Å². The molecular formula is C21H22F3NO5. The average Bonchev–Trinajstić information content (AvgIpc) is 2.98. The first kappa shape index (κ1) is 22.0. The molecule has 30 heavy (non-hydrogen) atoms. The highest BCUT2D eigenvalue weighted by Gasteiger charge is 2.68. The smallest absolute Gasteiger partial charge is 0.430 e. The Morgan fingerprint density at radius 1 is 1.13 bits per heavy atom. The van der Waals surface area contributed by atoms with Crippen LogP contribution in [0, 0.1) is 0 Å². The van der Waals surface area contributed by atoms with Crippen molar-refractivity contribution in [1.82, 2.24) is 4.90 Å². The molecule has 1 aromatic carbocycles. The number of hydrogen-bond donors (Lipinski definition) is 0. The van der Waals surface area contributed by atoms with Crippen molar-refractivity contribution in [3.63, 3.8) is 0 Å². The number of hydrogen-bond acceptors (Lipinski definition) is 5. The summed E-state index contributed by atoms with van der Waals surface area (Å²) < 4.78 is 52.9. The molecule has 0 aliphatic carbocycles. The van der Waals surface area contributed by atoms with E-state index in [4.69, 9.17) is 9.47 Å². The minimum absolute atomic E-state index is 0.0680. The zero-order valence-corrected chi connectivity index (χ0v) is 16.8.